The topological polar surface area (TPSA) is 57.2 Å². The molecule has 0 radical (unpaired) electrons. The van der Waals surface area contributed by atoms with Crippen molar-refractivity contribution in [2.75, 3.05) is 13.7 Å². The molecule has 5 nitrogen and oxygen atoms in total. The Kier molecular flexibility index (Phi) is 3.00. The van der Waals surface area contributed by atoms with E-state index in [2.05, 4.69) is 0 Å². The van der Waals surface area contributed by atoms with Gasteiger partial charge in [0.1, 0.15) is 12.2 Å². The predicted octanol–water partition coefficient (Wildman–Crippen LogP) is 0.260. The summed E-state index contributed by atoms with van der Waals surface area (Å²) in [5, 5.41) is 8.89. The van der Waals surface area contributed by atoms with Crippen molar-refractivity contribution in [3.05, 3.63) is 0 Å². The second kappa shape index (κ2) is 3.99. The molecular weight excluding hydrogens is 200 g/mol. The van der Waals surface area contributed by atoms with Crippen LogP contribution in [0.3, 0.4) is 0 Å². The van der Waals surface area contributed by atoms with Crippen LogP contribution in [0.1, 0.15) is 20.3 Å². The Morgan fingerprint density at radius 2 is 2.07 bits per heavy atom. The van der Waals surface area contributed by atoms with Crippen molar-refractivity contribution in [1.29, 1.82) is 0 Å². The van der Waals surface area contributed by atoms with Crippen molar-refractivity contribution < 1.29 is 24.1 Å². The molecule has 4 atom stereocenters. The first-order valence-electron chi connectivity index (χ1n) is 5.22. The molecule has 5 heteroatoms. The number of methoxy groups -OCH3 is 1. The van der Waals surface area contributed by atoms with Gasteiger partial charge in [-0.05, 0) is 20.3 Å². The molecule has 0 unspecified atom stereocenters. The van der Waals surface area contributed by atoms with Crippen LogP contribution in [0.25, 0.3) is 0 Å². The van der Waals surface area contributed by atoms with E-state index in [4.69, 9.17) is 24.1 Å². The third-order valence-electron chi connectivity index (χ3n) is 2.77. The number of ether oxygens (including phenoxy) is 4. The summed E-state index contributed by atoms with van der Waals surface area (Å²) in [5.41, 5.74) is 0. The van der Waals surface area contributed by atoms with Gasteiger partial charge in [0.05, 0.1) is 6.10 Å². The molecule has 2 aliphatic rings. The normalized spacial score (nSPS) is 43.2. The van der Waals surface area contributed by atoms with Crippen LogP contribution in [0, 0.1) is 0 Å². The molecule has 0 amide bonds. The Hall–Kier alpha value is -0.200. The molecule has 2 fully saturated rings. The van der Waals surface area contributed by atoms with E-state index >= 15 is 0 Å². The van der Waals surface area contributed by atoms with Crippen molar-refractivity contribution in [2.45, 2.75) is 50.7 Å². The largest absolute Gasteiger partial charge is 0.396 e. The lowest BCUT2D eigenvalue weighted by Gasteiger charge is -2.24. The van der Waals surface area contributed by atoms with Gasteiger partial charge in [-0.15, -0.1) is 0 Å². The summed E-state index contributed by atoms with van der Waals surface area (Å²) in [5.74, 6) is -0.615. The molecule has 88 valence electrons. The highest BCUT2D eigenvalue weighted by Gasteiger charge is 2.54. The second-order valence-electron chi connectivity index (χ2n) is 4.36. The quantitative estimate of drug-likeness (QED) is 0.736. The Balaban J connectivity index is 2.04. The highest BCUT2D eigenvalue weighted by molar-refractivity contribution is 4.93. The lowest BCUT2D eigenvalue weighted by Crippen LogP contribution is -2.36. The van der Waals surface area contributed by atoms with Crippen molar-refractivity contribution in [2.24, 2.45) is 0 Å². The van der Waals surface area contributed by atoms with Crippen LogP contribution in [-0.2, 0) is 18.9 Å². The molecule has 0 aliphatic carbocycles. The van der Waals surface area contributed by atoms with Gasteiger partial charge in [-0.2, -0.15) is 0 Å². The van der Waals surface area contributed by atoms with Gasteiger partial charge < -0.3 is 24.1 Å². The maximum absolute atomic E-state index is 8.89. The fourth-order valence-electron chi connectivity index (χ4n) is 2.19. The SMILES string of the molecule is CO[C@H]1[C@H]2OC(C)(C)O[C@H]2O[C@@H]1CCO. The van der Waals surface area contributed by atoms with E-state index in [0.29, 0.717) is 6.42 Å². The molecule has 0 saturated carbocycles. The van der Waals surface area contributed by atoms with E-state index in [9.17, 15) is 0 Å². The summed E-state index contributed by atoms with van der Waals surface area (Å²) in [6.07, 6.45) is -0.336. The van der Waals surface area contributed by atoms with Gasteiger partial charge in [-0.3, -0.25) is 0 Å². The highest BCUT2D eigenvalue weighted by Crippen LogP contribution is 2.39. The van der Waals surface area contributed by atoms with Crippen LogP contribution in [0.4, 0.5) is 0 Å². The van der Waals surface area contributed by atoms with Gasteiger partial charge in [-0.1, -0.05) is 0 Å². The number of rotatable bonds is 3. The number of aliphatic hydroxyl groups is 1. The molecule has 0 aromatic carbocycles. The third-order valence-corrected chi connectivity index (χ3v) is 2.77. The summed E-state index contributed by atoms with van der Waals surface area (Å²) in [6.45, 7) is 3.78. The summed E-state index contributed by atoms with van der Waals surface area (Å²) in [6, 6.07) is 0. The van der Waals surface area contributed by atoms with E-state index in [1.165, 1.54) is 0 Å². The minimum absolute atomic E-state index is 0.0767. The van der Waals surface area contributed by atoms with Crippen molar-refractivity contribution in [3.63, 3.8) is 0 Å². The summed E-state index contributed by atoms with van der Waals surface area (Å²) < 4.78 is 22.2. The predicted molar refractivity (Wildman–Crippen MR) is 51.2 cm³/mol. The number of hydrogen-bond donors (Lipinski definition) is 1. The van der Waals surface area contributed by atoms with E-state index < -0.39 is 5.79 Å². The Bertz CT molecular complexity index is 230. The molecule has 0 aromatic rings. The van der Waals surface area contributed by atoms with Gasteiger partial charge >= 0.3 is 0 Å². The Morgan fingerprint density at radius 3 is 2.67 bits per heavy atom. The Labute approximate surface area is 89.3 Å². The first-order chi connectivity index (χ1) is 7.07. The molecule has 2 aliphatic heterocycles. The molecule has 2 heterocycles. The summed E-state index contributed by atoms with van der Waals surface area (Å²) in [4.78, 5) is 0. The molecule has 0 aromatic heterocycles. The zero-order valence-corrected chi connectivity index (χ0v) is 9.30. The highest BCUT2D eigenvalue weighted by atomic mass is 16.8. The fourth-order valence-corrected chi connectivity index (χ4v) is 2.19. The second-order valence-corrected chi connectivity index (χ2v) is 4.36. The maximum Gasteiger partial charge on any atom is 0.190 e. The minimum atomic E-state index is -0.615. The zero-order chi connectivity index (χ0) is 11.1. The van der Waals surface area contributed by atoms with Gasteiger partial charge in [0.15, 0.2) is 12.1 Å². The van der Waals surface area contributed by atoms with Crippen molar-refractivity contribution in [1.82, 2.24) is 0 Å². The molecule has 15 heavy (non-hydrogen) atoms. The van der Waals surface area contributed by atoms with Crippen LogP contribution in [-0.4, -0.2) is 49.2 Å². The summed E-state index contributed by atoms with van der Waals surface area (Å²) >= 11 is 0. The van der Waals surface area contributed by atoms with Crippen LogP contribution in [0.2, 0.25) is 0 Å². The molecular formula is C10H18O5. The van der Waals surface area contributed by atoms with Crippen LogP contribution < -0.4 is 0 Å². The standard InChI is InChI=1S/C10H18O5/c1-10(2)14-8-7(12-3)6(4-5-11)13-9(8)15-10/h6-9,11H,4-5H2,1-3H3/t6-,7-,8-,9-/m1/s1. The fraction of sp³-hybridized carbons (Fsp3) is 1.00. The lowest BCUT2D eigenvalue weighted by atomic mass is 10.1. The van der Waals surface area contributed by atoms with Gasteiger partial charge in [0.25, 0.3) is 0 Å². The van der Waals surface area contributed by atoms with E-state index in [-0.39, 0.29) is 31.2 Å². The van der Waals surface area contributed by atoms with Crippen LogP contribution >= 0.6 is 0 Å². The van der Waals surface area contributed by atoms with Crippen molar-refractivity contribution >= 4 is 0 Å². The molecule has 0 spiro atoms. The Morgan fingerprint density at radius 1 is 1.33 bits per heavy atom. The van der Waals surface area contributed by atoms with E-state index in [1.54, 1.807) is 7.11 Å². The molecule has 2 rings (SSSR count). The van der Waals surface area contributed by atoms with E-state index in [1.807, 2.05) is 13.8 Å². The first-order valence-corrected chi connectivity index (χ1v) is 5.22. The monoisotopic (exact) mass is 218 g/mol. The van der Waals surface area contributed by atoms with Gasteiger partial charge in [0, 0.05) is 13.7 Å². The van der Waals surface area contributed by atoms with E-state index in [0.717, 1.165) is 0 Å². The smallest absolute Gasteiger partial charge is 0.190 e. The van der Waals surface area contributed by atoms with Crippen molar-refractivity contribution in [3.8, 4) is 0 Å². The van der Waals surface area contributed by atoms with Crippen LogP contribution in [0.15, 0.2) is 0 Å². The third kappa shape index (κ3) is 2.03. The van der Waals surface area contributed by atoms with Gasteiger partial charge in [0.2, 0.25) is 0 Å². The first kappa shape index (κ1) is 11.3. The average molecular weight is 218 g/mol. The molecule has 1 N–H and O–H groups in total. The number of hydrogen-bond acceptors (Lipinski definition) is 5. The molecule has 0 bridgehead atoms. The average Bonchev–Trinajstić information content (AvgIpc) is 2.56. The zero-order valence-electron chi connectivity index (χ0n) is 9.30. The number of aliphatic hydroxyl groups excluding tert-OH is 1. The summed E-state index contributed by atoms with van der Waals surface area (Å²) in [7, 11) is 1.62. The maximum atomic E-state index is 8.89. The minimum Gasteiger partial charge on any atom is -0.396 e. The lowest BCUT2D eigenvalue weighted by molar-refractivity contribution is -0.217. The van der Waals surface area contributed by atoms with Gasteiger partial charge in [-0.25, -0.2) is 0 Å². The molecule has 2 saturated heterocycles. The number of fused-ring (bicyclic) bond motifs is 1. The van der Waals surface area contributed by atoms with Crippen LogP contribution in [0.5, 0.6) is 0 Å².